The Labute approximate surface area is 143 Å². The van der Waals surface area contributed by atoms with Gasteiger partial charge in [-0.05, 0) is 48.9 Å². The van der Waals surface area contributed by atoms with Gasteiger partial charge >= 0.3 is 6.18 Å². The van der Waals surface area contributed by atoms with Crippen LogP contribution in [0.4, 0.5) is 18.9 Å². The first-order valence-corrected chi connectivity index (χ1v) is 10.2. The highest BCUT2D eigenvalue weighted by molar-refractivity contribution is 7.92. The largest absolute Gasteiger partial charge is 0.416 e. The normalized spacial score (nSPS) is 12.8. The number of sulfone groups is 1. The van der Waals surface area contributed by atoms with Crippen molar-refractivity contribution in [1.82, 2.24) is 0 Å². The van der Waals surface area contributed by atoms with E-state index in [0.717, 1.165) is 24.5 Å². The molecule has 0 aromatic heterocycles. The van der Waals surface area contributed by atoms with Gasteiger partial charge in [-0.1, -0.05) is 6.07 Å². The number of rotatable bonds is 4. The molecule has 0 fully saturated rings. The summed E-state index contributed by atoms with van der Waals surface area (Å²) in [6, 6.07) is 6.92. The number of alkyl halides is 3. The molecule has 25 heavy (non-hydrogen) atoms. The molecule has 136 valence electrons. The van der Waals surface area contributed by atoms with Crippen LogP contribution in [0.1, 0.15) is 11.1 Å². The summed E-state index contributed by atoms with van der Waals surface area (Å²) >= 11 is 0. The van der Waals surface area contributed by atoms with Crippen LogP contribution >= 0.6 is 0 Å². The highest BCUT2D eigenvalue weighted by Gasteiger charge is 2.30. The van der Waals surface area contributed by atoms with Crippen molar-refractivity contribution >= 4 is 25.5 Å². The molecule has 0 aliphatic rings. The molecule has 1 N–H and O–H groups in total. The van der Waals surface area contributed by atoms with Crippen LogP contribution in [0.3, 0.4) is 0 Å². The number of halogens is 3. The van der Waals surface area contributed by atoms with Gasteiger partial charge in [-0.15, -0.1) is 0 Å². The van der Waals surface area contributed by atoms with E-state index in [4.69, 9.17) is 0 Å². The maximum atomic E-state index is 12.6. The summed E-state index contributed by atoms with van der Waals surface area (Å²) in [6.45, 7) is 1.57. The molecule has 0 saturated heterocycles. The molecule has 2 rings (SSSR count). The van der Waals surface area contributed by atoms with Gasteiger partial charge in [0.05, 0.1) is 21.0 Å². The molecule has 0 bridgehead atoms. The molecule has 0 spiro atoms. The summed E-state index contributed by atoms with van der Waals surface area (Å²) in [5, 5.41) is 0. The van der Waals surface area contributed by atoms with Crippen LogP contribution in [0.5, 0.6) is 0 Å². The van der Waals surface area contributed by atoms with Crippen molar-refractivity contribution in [2.24, 2.45) is 0 Å². The van der Waals surface area contributed by atoms with Gasteiger partial charge in [0.2, 0.25) is 0 Å². The lowest BCUT2D eigenvalue weighted by molar-refractivity contribution is -0.137. The van der Waals surface area contributed by atoms with Crippen molar-refractivity contribution in [2.45, 2.75) is 22.9 Å². The smallest absolute Gasteiger partial charge is 0.279 e. The van der Waals surface area contributed by atoms with Gasteiger partial charge in [0, 0.05) is 6.26 Å². The minimum absolute atomic E-state index is 0.0304. The van der Waals surface area contributed by atoms with E-state index in [-0.39, 0.29) is 15.5 Å². The van der Waals surface area contributed by atoms with Crippen LogP contribution in [0.15, 0.2) is 52.3 Å². The van der Waals surface area contributed by atoms with Crippen molar-refractivity contribution < 1.29 is 30.0 Å². The third kappa shape index (κ3) is 4.51. The summed E-state index contributed by atoms with van der Waals surface area (Å²) in [5.74, 6) is 0. The number of aryl methyl sites for hydroxylation is 1. The highest BCUT2D eigenvalue weighted by Crippen LogP contribution is 2.30. The van der Waals surface area contributed by atoms with Crippen LogP contribution in [-0.2, 0) is 26.0 Å². The van der Waals surface area contributed by atoms with Crippen LogP contribution < -0.4 is 4.72 Å². The summed E-state index contributed by atoms with van der Waals surface area (Å²) < 4.78 is 87.7. The topological polar surface area (TPSA) is 80.3 Å². The van der Waals surface area contributed by atoms with Gasteiger partial charge in [-0.3, -0.25) is 4.72 Å². The van der Waals surface area contributed by atoms with Gasteiger partial charge in [0.25, 0.3) is 10.0 Å². The Kier molecular flexibility index (Phi) is 4.88. The Morgan fingerprint density at radius 1 is 0.880 bits per heavy atom. The Morgan fingerprint density at radius 2 is 1.40 bits per heavy atom. The predicted octanol–water partition coefficient (Wildman–Crippen LogP) is 3.22. The first kappa shape index (κ1) is 19.3. The van der Waals surface area contributed by atoms with Gasteiger partial charge in [0.15, 0.2) is 9.84 Å². The minimum atomic E-state index is -4.57. The first-order valence-electron chi connectivity index (χ1n) is 6.81. The zero-order valence-corrected chi connectivity index (χ0v) is 14.8. The number of sulfonamides is 1. The number of hydrogen-bond acceptors (Lipinski definition) is 4. The lowest BCUT2D eigenvalue weighted by Crippen LogP contribution is -2.15. The number of hydrogen-bond donors (Lipinski definition) is 1. The molecular weight excluding hydrogens is 379 g/mol. The van der Waals surface area contributed by atoms with Crippen molar-refractivity contribution in [3.63, 3.8) is 0 Å². The molecular formula is C15H14F3NO4S2. The van der Waals surface area contributed by atoms with E-state index in [9.17, 15) is 30.0 Å². The highest BCUT2D eigenvalue weighted by atomic mass is 32.2. The van der Waals surface area contributed by atoms with Crippen molar-refractivity contribution in [3.05, 3.63) is 53.6 Å². The standard InChI is InChI=1S/C15H14F3NO4S2/c1-10-3-6-13(24(2,20)21)9-14(10)19-25(22,23)12-7-4-11(5-8-12)15(16,17)18/h3-9,19H,1-2H3. The van der Waals surface area contributed by atoms with Crippen molar-refractivity contribution in [1.29, 1.82) is 0 Å². The van der Waals surface area contributed by atoms with Crippen molar-refractivity contribution in [3.8, 4) is 0 Å². The molecule has 0 aliphatic heterocycles. The Hall–Kier alpha value is -2.07. The molecule has 5 nitrogen and oxygen atoms in total. The number of benzene rings is 2. The van der Waals surface area contributed by atoms with Crippen molar-refractivity contribution in [2.75, 3.05) is 11.0 Å². The van der Waals surface area contributed by atoms with E-state index < -0.39 is 31.6 Å². The van der Waals surface area contributed by atoms with Gasteiger partial charge in [0.1, 0.15) is 0 Å². The first-order chi connectivity index (χ1) is 11.3. The second kappa shape index (κ2) is 6.34. The molecule has 0 unspecified atom stereocenters. The SMILES string of the molecule is Cc1ccc(S(C)(=O)=O)cc1NS(=O)(=O)c1ccc(C(F)(F)F)cc1. The van der Waals surface area contributed by atoms with Gasteiger partial charge in [-0.25, -0.2) is 16.8 Å². The number of nitrogens with one attached hydrogen (secondary N) is 1. The predicted molar refractivity (Wildman–Crippen MR) is 86.5 cm³/mol. The molecule has 0 aliphatic carbocycles. The monoisotopic (exact) mass is 393 g/mol. The molecule has 10 heteroatoms. The molecule has 0 heterocycles. The van der Waals surface area contributed by atoms with Crippen LogP contribution in [0, 0.1) is 6.92 Å². The Balaban J connectivity index is 2.39. The van der Waals surface area contributed by atoms with Crippen LogP contribution in [0.25, 0.3) is 0 Å². The maximum Gasteiger partial charge on any atom is 0.416 e. The average Bonchev–Trinajstić information content (AvgIpc) is 2.47. The van der Waals surface area contributed by atoms with E-state index in [2.05, 4.69) is 4.72 Å². The molecule has 2 aromatic carbocycles. The van der Waals surface area contributed by atoms with Crippen LogP contribution in [-0.4, -0.2) is 23.1 Å². The fourth-order valence-electron chi connectivity index (χ4n) is 1.97. The summed E-state index contributed by atoms with van der Waals surface area (Å²) in [6.07, 6.45) is -3.60. The fourth-order valence-corrected chi connectivity index (χ4v) is 3.74. The van der Waals surface area contributed by atoms with Crippen LogP contribution in [0.2, 0.25) is 0 Å². The maximum absolute atomic E-state index is 12.6. The Morgan fingerprint density at radius 3 is 1.88 bits per heavy atom. The third-order valence-electron chi connectivity index (χ3n) is 3.37. The second-order valence-corrected chi connectivity index (χ2v) is 9.07. The minimum Gasteiger partial charge on any atom is -0.279 e. The Bertz CT molecular complexity index is 996. The molecule has 0 saturated carbocycles. The molecule has 0 atom stereocenters. The lowest BCUT2D eigenvalue weighted by atomic mass is 10.2. The zero-order chi connectivity index (χ0) is 19.0. The lowest BCUT2D eigenvalue weighted by Gasteiger charge is -2.13. The fraction of sp³-hybridized carbons (Fsp3) is 0.200. The van der Waals surface area contributed by atoms with Gasteiger partial charge in [-0.2, -0.15) is 13.2 Å². The summed E-state index contributed by atoms with van der Waals surface area (Å²) in [5.41, 5.74) is -0.479. The molecule has 2 aromatic rings. The average molecular weight is 393 g/mol. The van der Waals surface area contributed by atoms with E-state index in [1.165, 1.54) is 12.1 Å². The zero-order valence-electron chi connectivity index (χ0n) is 13.1. The summed E-state index contributed by atoms with van der Waals surface area (Å²) in [7, 11) is -7.72. The third-order valence-corrected chi connectivity index (χ3v) is 5.87. The molecule has 0 radical (unpaired) electrons. The number of anilines is 1. The van der Waals surface area contributed by atoms with Gasteiger partial charge < -0.3 is 0 Å². The van der Waals surface area contributed by atoms with E-state index >= 15 is 0 Å². The van der Waals surface area contributed by atoms with E-state index in [0.29, 0.717) is 17.7 Å². The molecule has 0 amide bonds. The van der Waals surface area contributed by atoms with E-state index in [1.54, 1.807) is 6.92 Å². The quantitative estimate of drug-likeness (QED) is 0.865. The summed E-state index contributed by atoms with van der Waals surface area (Å²) in [4.78, 5) is -0.451. The van der Waals surface area contributed by atoms with E-state index in [1.807, 2.05) is 0 Å². The second-order valence-electron chi connectivity index (χ2n) is 5.38.